The second kappa shape index (κ2) is 10.2. The van der Waals surface area contributed by atoms with Gasteiger partial charge in [-0.3, -0.25) is 5.32 Å². The molecule has 9 heteroatoms. The third kappa shape index (κ3) is 4.73. The maximum atomic E-state index is 9.55. The van der Waals surface area contributed by atoms with Gasteiger partial charge in [-0.15, -0.1) is 0 Å². The van der Waals surface area contributed by atoms with E-state index >= 15 is 0 Å². The molecule has 0 unspecified atom stereocenters. The Bertz CT molecular complexity index is 1080. The number of ether oxygens (including phenoxy) is 1. The summed E-state index contributed by atoms with van der Waals surface area (Å²) < 4.78 is 5.22. The van der Waals surface area contributed by atoms with Crippen molar-refractivity contribution >= 4 is 45.6 Å². The maximum Gasteiger partial charge on any atom is 0.252 e. The molecule has 0 atom stereocenters. The number of fused-ring (bicyclic) bond motifs is 1. The van der Waals surface area contributed by atoms with Crippen LogP contribution in [0, 0.1) is 11.3 Å². The molecule has 1 aliphatic heterocycles. The molecule has 1 aromatic heterocycles. The van der Waals surface area contributed by atoms with E-state index in [1.54, 1.807) is 13.3 Å². The van der Waals surface area contributed by atoms with Gasteiger partial charge in [0.1, 0.15) is 12.3 Å². The molecule has 156 valence electrons. The molecule has 1 fully saturated rings. The van der Waals surface area contributed by atoms with E-state index in [1.165, 1.54) is 0 Å². The Hall–Kier alpha value is -2.24. The minimum atomic E-state index is 0. The number of aromatic nitrogens is 2. The lowest BCUT2D eigenvalue weighted by Gasteiger charge is -2.29. The molecular formula is C21H21Cl2N5OS. The van der Waals surface area contributed by atoms with Crippen molar-refractivity contribution in [2.75, 3.05) is 36.6 Å². The molecule has 1 aliphatic rings. The first-order valence-electron chi connectivity index (χ1n) is 9.37. The summed E-state index contributed by atoms with van der Waals surface area (Å²) in [6.45, 7) is 2.60. The molecule has 3 aromatic rings. The number of nitrogens with two attached hydrogens (primary N) is 1. The van der Waals surface area contributed by atoms with Gasteiger partial charge in [0.2, 0.25) is 0 Å². The fraction of sp³-hybridized carbons (Fsp3) is 0.286. The van der Waals surface area contributed by atoms with Gasteiger partial charge in [-0.05, 0) is 30.3 Å². The summed E-state index contributed by atoms with van der Waals surface area (Å²) in [5, 5.41) is 22.7. The normalized spacial score (nSPS) is 13.6. The van der Waals surface area contributed by atoms with Gasteiger partial charge >= 0.3 is 0 Å². The highest BCUT2D eigenvalue weighted by atomic mass is 35.5. The number of nitrogens with zero attached hydrogens (tertiary/aromatic N) is 4. The van der Waals surface area contributed by atoms with Gasteiger partial charge < -0.3 is 22.0 Å². The van der Waals surface area contributed by atoms with E-state index in [1.807, 2.05) is 47.4 Å². The van der Waals surface area contributed by atoms with Crippen LogP contribution in [0.4, 0.5) is 11.5 Å². The topological polar surface area (TPSA) is 78.7 Å². The van der Waals surface area contributed by atoms with E-state index in [9.17, 15) is 5.26 Å². The van der Waals surface area contributed by atoms with E-state index in [0.717, 1.165) is 52.4 Å². The van der Waals surface area contributed by atoms with Crippen molar-refractivity contribution in [3.05, 3.63) is 52.7 Å². The summed E-state index contributed by atoms with van der Waals surface area (Å²) >= 11 is 8.20. The van der Waals surface area contributed by atoms with Gasteiger partial charge in [-0.25, -0.2) is 0 Å². The summed E-state index contributed by atoms with van der Waals surface area (Å²) in [4.78, 5) is 2.34. The van der Waals surface area contributed by atoms with Crippen molar-refractivity contribution in [2.24, 2.45) is 0 Å². The van der Waals surface area contributed by atoms with Crippen LogP contribution < -0.4 is 27.4 Å². The minimum Gasteiger partial charge on any atom is -1.00 e. The third-order valence-electron chi connectivity index (χ3n) is 5.01. The van der Waals surface area contributed by atoms with Crippen molar-refractivity contribution in [3.8, 4) is 11.8 Å². The number of quaternary nitrogens is 1. The number of benzene rings is 2. The predicted octanol–water partition coefficient (Wildman–Crippen LogP) is 0.116. The lowest BCUT2D eigenvalue weighted by atomic mass is 10.1. The van der Waals surface area contributed by atoms with Crippen molar-refractivity contribution < 1.29 is 22.5 Å². The van der Waals surface area contributed by atoms with Gasteiger partial charge in [-0.2, -0.15) is 22.1 Å². The van der Waals surface area contributed by atoms with Gasteiger partial charge in [0.05, 0.1) is 35.3 Å². The highest BCUT2D eigenvalue weighted by Gasteiger charge is 2.18. The van der Waals surface area contributed by atoms with Crippen LogP contribution >= 0.6 is 23.4 Å². The molecule has 0 spiro atoms. The second-order valence-electron chi connectivity index (χ2n) is 6.77. The van der Waals surface area contributed by atoms with Crippen LogP contribution in [0.3, 0.4) is 0 Å². The Morgan fingerprint density at radius 2 is 2.03 bits per heavy atom. The first-order valence-corrected chi connectivity index (χ1v) is 10.9. The Balaban J connectivity index is 0.00000256. The van der Waals surface area contributed by atoms with Crippen LogP contribution in [0.1, 0.15) is 11.1 Å². The number of rotatable bonds is 5. The molecule has 1 saturated heterocycles. The average Bonchev–Trinajstić information content (AvgIpc) is 2.77. The van der Waals surface area contributed by atoms with E-state index in [4.69, 9.17) is 16.3 Å². The van der Waals surface area contributed by atoms with Crippen LogP contribution in [-0.4, -0.2) is 41.9 Å². The van der Waals surface area contributed by atoms with Crippen LogP contribution in [0.15, 0.2) is 36.5 Å². The Morgan fingerprint density at radius 1 is 1.23 bits per heavy atom. The molecule has 6 nitrogen and oxygen atoms in total. The summed E-state index contributed by atoms with van der Waals surface area (Å²) in [6, 6.07) is 11.9. The van der Waals surface area contributed by atoms with Gasteiger partial charge in [0.25, 0.3) is 5.82 Å². The van der Waals surface area contributed by atoms with E-state index < -0.39 is 0 Å². The fourth-order valence-electron chi connectivity index (χ4n) is 3.52. The Labute approximate surface area is 191 Å². The highest BCUT2D eigenvalue weighted by Crippen LogP contribution is 2.31. The molecular weight excluding hydrogens is 441 g/mol. The summed E-state index contributed by atoms with van der Waals surface area (Å²) in [6.07, 6.45) is 1.80. The van der Waals surface area contributed by atoms with Crippen LogP contribution in [-0.2, 0) is 6.54 Å². The Kier molecular flexibility index (Phi) is 7.62. The Morgan fingerprint density at radius 3 is 2.73 bits per heavy atom. The fourth-order valence-corrected chi connectivity index (χ4v) is 4.70. The van der Waals surface area contributed by atoms with Crippen LogP contribution in [0.2, 0.25) is 5.02 Å². The summed E-state index contributed by atoms with van der Waals surface area (Å²) in [7, 11) is 1.60. The van der Waals surface area contributed by atoms with Gasteiger partial charge in [-0.1, -0.05) is 16.7 Å². The van der Waals surface area contributed by atoms with Crippen molar-refractivity contribution in [3.63, 3.8) is 0 Å². The maximum absolute atomic E-state index is 9.55. The van der Waals surface area contributed by atoms with Gasteiger partial charge in [0, 0.05) is 41.2 Å². The minimum absolute atomic E-state index is 0. The predicted molar refractivity (Wildman–Crippen MR) is 117 cm³/mol. The number of anilines is 1. The molecule has 0 aliphatic carbocycles. The van der Waals surface area contributed by atoms with Crippen LogP contribution in [0.5, 0.6) is 5.75 Å². The standard InChI is InChI=1S/C21H20ClN5OS.ClH/c1-28-20-3-2-14(9-18(20)22)12-24-21-16-8-15(11-23)10-19(17(16)13-25-26-21)27-4-6-29-7-5-27;/h2-3,8-10,13H,4-7,12H2,1H3,(H,24,26);1H. The third-order valence-corrected chi connectivity index (χ3v) is 6.25. The van der Waals surface area contributed by atoms with Crippen LogP contribution in [0.25, 0.3) is 10.8 Å². The second-order valence-corrected chi connectivity index (χ2v) is 8.41. The molecule has 0 saturated carbocycles. The number of halogens is 2. The lowest BCUT2D eigenvalue weighted by Crippen LogP contribution is -3.00. The molecule has 2 N–H and O–H groups in total. The van der Waals surface area contributed by atoms with Gasteiger partial charge in [0.15, 0.2) is 0 Å². The number of thioether (sulfide) groups is 1. The first kappa shape index (κ1) is 22.4. The summed E-state index contributed by atoms with van der Waals surface area (Å²) in [5.74, 6) is 3.62. The number of hydrogen-bond acceptors (Lipinski definition) is 6. The molecule has 0 radical (unpaired) electrons. The highest BCUT2D eigenvalue weighted by molar-refractivity contribution is 7.99. The van der Waals surface area contributed by atoms with E-state index in [0.29, 0.717) is 22.9 Å². The first-order chi connectivity index (χ1) is 14.2. The van der Waals surface area contributed by atoms with Crippen molar-refractivity contribution in [2.45, 2.75) is 6.54 Å². The van der Waals surface area contributed by atoms with E-state index in [-0.39, 0.29) is 12.4 Å². The van der Waals surface area contributed by atoms with Crippen molar-refractivity contribution in [1.82, 2.24) is 10.2 Å². The van der Waals surface area contributed by atoms with Crippen molar-refractivity contribution in [1.29, 1.82) is 5.26 Å². The number of nitriles is 1. The number of methoxy groups -OCH3 is 1. The monoisotopic (exact) mass is 461 g/mol. The quantitative estimate of drug-likeness (QED) is 0.581. The largest absolute Gasteiger partial charge is 1.00 e. The summed E-state index contributed by atoms with van der Waals surface area (Å²) in [5.41, 5.74) is 2.76. The zero-order chi connectivity index (χ0) is 20.2. The molecule has 0 amide bonds. The van der Waals surface area contributed by atoms with E-state index in [2.05, 4.69) is 21.2 Å². The molecule has 2 aromatic carbocycles. The molecule has 30 heavy (non-hydrogen) atoms. The zero-order valence-corrected chi connectivity index (χ0v) is 18.8. The number of hydrogen-bond donors (Lipinski definition) is 1. The smallest absolute Gasteiger partial charge is 0.252 e. The molecule has 0 bridgehead atoms. The molecule has 2 heterocycles. The zero-order valence-electron chi connectivity index (χ0n) is 16.4. The SMILES string of the molecule is COc1ccc(C[NH2+]c2nncc3c(N4CCSCC4)cc(C#N)cc23)cc1Cl.[Cl-]. The molecule has 4 rings (SSSR count). The lowest BCUT2D eigenvalue weighted by molar-refractivity contribution is -0.591. The average molecular weight is 462 g/mol.